The van der Waals surface area contributed by atoms with E-state index in [0.29, 0.717) is 47.1 Å². The van der Waals surface area contributed by atoms with Crippen LogP contribution in [0.1, 0.15) is 28.8 Å². The zero-order valence-electron chi connectivity index (χ0n) is 14.4. The number of anilines is 1. The van der Waals surface area contributed by atoms with Gasteiger partial charge in [-0.05, 0) is 18.9 Å². The van der Waals surface area contributed by atoms with Gasteiger partial charge in [0.1, 0.15) is 11.8 Å². The standard InChI is InChI=1S/C18H17N7O2/c19-7-11-5-17-22-10-16(25(17)23-8-11)15-6-14(13(9-21-15)18(20)26)24-12-1-3-27-4-2-12/h5-6,8-10,12H,1-4H2,(H2,20,26)(H,21,24). The van der Waals surface area contributed by atoms with Gasteiger partial charge in [-0.3, -0.25) is 9.78 Å². The van der Waals surface area contributed by atoms with Crippen molar-refractivity contribution in [2.45, 2.75) is 18.9 Å². The van der Waals surface area contributed by atoms with E-state index >= 15 is 0 Å². The molecule has 0 aromatic carbocycles. The van der Waals surface area contributed by atoms with Crippen LogP contribution in [0.2, 0.25) is 0 Å². The van der Waals surface area contributed by atoms with Crippen LogP contribution >= 0.6 is 0 Å². The molecule has 1 fully saturated rings. The summed E-state index contributed by atoms with van der Waals surface area (Å²) in [6.07, 6.45) is 6.27. The number of nitrogens with zero attached hydrogens (tertiary/aromatic N) is 5. The number of hydrogen-bond donors (Lipinski definition) is 2. The van der Waals surface area contributed by atoms with Crippen LogP contribution in [0, 0.1) is 11.3 Å². The van der Waals surface area contributed by atoms with Crippen molar-refractivity contribution in [1.82, 2.24) is 19.6 Å². The lowest BCUT2D eigenvalue weighted by Gasteiger charge is -2.25. The average molecular weight is 363 g/mol. The molecule has 3 aromatic heterocycles. The summed E-state index contributed by atoms with van der Waals surface area (Å²) in [6.45, 7) is 1.36. The third-order valence-electron chi connectivity index (χ3n) is 4.50. The van der Waals surface area contributed by atoms with E-state index in [1.54, 1.807) is 22.8 Å². The Hall–Kier alpha value is -3.51. The van der Waals surface area contributed by atoms with Crippen molar-refractivity contribution in [3.63, 3.8) is 0 Å². The summed E-state index contributed by atoms with van der Waals surface area (Å²) in [5.74, 6) is -0.543. The van der Waals surface area contributed by atoms with Crippen molar-refractivity contribution < 1.29 is 9.53 Å². The molecule has 136 valence electrons. The van der Waals surface area contributed by atoms with Gasteiger partial charge in [0, 0.05) is 31.5 Å². The van der Waals surface area contributed by atoms with Crippen LogP contribution in [0.4, 0.5) is 5.69 Å². The van der Waals surface area contributed by atoms with Gasteiger partial charge in [0.05, 0.1) is 34.9 Å². The number of fused-ring (bicyclic) bond motifs is 1. The Balaban J connectivity index is 1.74. The Labute approximate surface area is 154 Å². The fourth-order valence-electron chi connectivity index (χ4n) is 3.08. The van der Waals surface area contributed by atoms with Gasteiger partial charge in [-0.25, -0.2) is 9.50 Å². The van der Waals surface area contributed by atoms with Crippen molar-refractivity contribution in [2.75, 3.05) is 18.5 Å². The fourth-order valence-corrected chi connectivity index (χ4v) is 3.08. The van der Waals surface area contributed by atoms with Crippen LogP contribution in [0.5, 0.6) is 0 Å². The Morgan fingerprint density at radius 1 is 1.26 bits per heavy atom. The summed E-state index contributed by atoms with van der Waals surface area (Å²) >= 11 is 0. The van der Waals surface area contributed by atoms with E-state index in [2.05, 4.69) is 20.4 Å². The van der Waals surface area contributed by atoms with Gasteiger partial charge < -0.3 is 15.8 Å². The number of nitrogens with one attached hydrogen (secondary N) is 1. The summed E-state index contributed by atoms with van der Waals surface area (Å²) in [4.78, 5) is 20.4. The number of carbonyl (C=O) groups is 1. The molecule has 0 saturated carbocycles. The van der Waals surface area contributed by atoms with Crippen molar-refractivity contribution in [1.29, 1.82) is 5.26 Å². The summed E-state index contributed by atoms with van der Waals surface area (Å²) < 4.78 is 6.98. The van der Waals surface area contributed by atoms with Crippen LogP contribution in [0.25, 0.3) is 17.0 Å². The predicted octanol–water partition coefficient (Wildman–Crippen LogP) is 1.35. The second-order valence-corrected chi connectivity index (χ2v) is 6.28. The summed E-state index contributed by atoms with van der Waals surface area (Å²) in [5.41, 5.74) is 8.69. The van der Waals surface area contributed by atoms with Crippen LogP contribution in [-0.2, 0) is 4.74 Å². The van der Waals surface area contributed by atoms with Gasteiger partial charge >= 0.3 is 0 Å². The van der Waals surface area contributed by atoms with Gasteiger partial charge in [0.25, 0.3) is 5.91 Å². The number of primary amides is 1. The molecular formula is C18H17N7O2. The quantitative estimate of drug-likeness (QED) is 0.715. The lowest BCUT2D eigenvalue weighted by Crippen LogP contribution is -2.29. The molecule has 27 heavy (non-hydrogen) atoms. The zero-order valence-corrected chi connectivity index (χ0v) is 14.4. The monoisotopic (exact) mass is 363 g/mol. The SMILES string of the molecule is N#Cc1cnn2c(-c3cc(NC4CCOCC4)c(C(N)=O)cn3)cnc2c1. The molecule has 9 heteroatoms. The smallest absolute Gasteiger partial charge is 0.252 e. The summed E-state index contributed by atoms with van der Waals surface area (Å²) in [7, 11) is 0. The van der Waals surface area contributed by atoms with Crippen molar-refractivity contribution >= 4 is 17.2 Å². The minimum absolute atomic E-state index is 0.200. The lowest BCUT2D eigenvalue weighted by atomic mass is 10.1. The molecule has 4 heterocycles. The molecule has 9 nitrogen and oxygen atoms in total. The number of ether oxygens (including phenoxy) is 1. The third-order valence-corrected chi connectivity index (χ3v) is 4.50. The number of nitriles is 1. The number of aromatic nitrogens is 4. The van der Waals surface area contributed by atoms with Crippen LogP contribution < -0.4 is 11.1 Å². The van der Waals surface area contributed by atoms with E-state index in [9.17, 15) is 4.79 Å². The molecule has 0 bridgehead atoms. The largest absolute Gasteiger partial charge is 0.381 e. The molecule has 0 atom stereocenters. The van der Waals surface area contributed by atoms with Crippen molar-refractivity contribution in [2.24, 2.45) is 5.73 Å². The minimum atomic E-state index is -0.543. The topological polar surface area (TPSA) is 131 Å². The maximum absolute atomic E-state index is 11.8. The lowest BCUT2D eigenvalue weighted by molar-refractivity contribution is 0.0904. The maximum Gasteiger partial charge on any atom is 0.252 e. The molecule has 0 aliphatic carbocycles. The maximum atomic E-state index is 11.8. The average Bonchev–Trinajstić information content (AvgIpc) is 3.11. The van der Waals surface area contributed by atoms with Crippen molar-refractivity contribution in [3.05, 3.63) is 41.9 Å². The number of imidazole rings is 1. The Morgan fingerprint density at radius 2 is 2.07 bits per heavy atom. The van der Waals surface area contributed by atoms with Gasteiger partial charge in [-0.15, -0.1) is 0 Å². The van der Waals surface area contributed by atoms with E-state index in [1.807, 2.05) is 6.07 Å². The van der Waals surface area contributed by atoms with Gasteiger partial charge in [-0.2, -0.15) is 10.4 Å². The highest BCUT2D eigenvalue weighted by molar-refractivity contribution is 5.98. The van der Waals surface area contributed by atoms with Crippen LogP contribution in [0.3, 0.4) is 0 Å². The molecule has 1 saturated heterocycles. The summed E-state index contributed by atoms with van der Waals surface area (Å²) in [5, 5.41) is 16.6. The van der Waals surface area contributed by atoms with Gasteiger partial charge in [-0.1, -0.05) is 0 Å². The minimum Gasteiger partial charge on any atom is -0.381 e. The molecule has 4 rings (SSSR count). The first-order chi connectivity index (χ1) is 13.2. The highest BCUT2D eigenvalue weighted by atomic mass is 16.5. The molecular weight excluding hydrogens is 346 g/mol. The molecule has 0 radical (unpaired) electrons. The normalized spacial score (nSPS) is 14.8. The molecule has 1 aliphatic heterocycles. The Morgan fingerprint density at radius 3 is 2.81 bits per heavy atom. The van der Waals surface area contributed by atoms with E-state index in [0.717, 1.165) is 12.8 Å². The first kappa shape index (κ1) is 16.9. The molecule has 0 unspecified atom stereocenters. The van der Waals surface area contributed by atoms with Crippen LogP contribution in [-0.4, -0.2) is 44.7 Å². The second kappa shape index (κ2) is 7.01. The van der Waals surface area contributed by atoms with E-state index in [1.165, 1.54) is 12.4 Å². The summed E-state index contributed by atoms with van der Waals surface area (Å²) in [6, 6.07) is 5.66. The number of hydrogen-bond acceptors (Lipinski definition) is 7. The molecule has 3 N–H and O–H groups in total. The highest BCUT2D eigenvalue weighted by Crippen LogP contribution is 2.25. The fraction of sp³-hybridized carbons (Fsp3) is 0.278. The molecule has 1 aliphatic rings. The third kappa shape index (κ3) is 3.30. The number of amides is 1. The highest BCUT2D eigenvalue weighted by Gasteiger charge is 2.19. The molecule has 3 aromatic rings. The van der Waals surface area contributed by atoms with E-state index in [4.69, 9.17) is 15.7 Å². The number of rotatable bonds is 4. The van der Waals surface area contributed by atoms with Gasteiger partial charge in [0.2, 0.25) is 0 Å². The molecule has 1 amide bonds. The number of carbonyl (C=O) groups excluding carboxylic acids is 1. The van der Waals surface area contributed by atoms with Crippen LogP contribution in [0.15, 0.2) is 30.7 Å². The predicted molar refractivity (Wildman–Crippen MR) is 96.9 cm³/mol. The van der Waals surface area contributed by atoms with Crippen molar-refractivity contribution in [3.8, 4) is 17.5 Å². The Kier molecular flexibility index (Phi) is 4.40. The first-order valence-electron chi connectivity index (χ1n) is 8.54. The van der Waals surface area contributed by atoms with E-state index < -0.39 is 5.91 Å². The van der Waals surface area contributed by atoms with E-state index in [-0.39, 0.29) is 6.04 Å². The van der Waals surface area contributed by atoms with Gasteiger partial charge in [0.15, 0.2) is 5.65 Å². The number of nitrogens with two attached hydrogens (primary N) is 1. The first-order valence-corrected chi connectivity index (χ1v) is 8.54. The zero-order chi connectivity index (χ0) is 18.8. The second-order valence-electron chi connectivity index (χ2n) is 6.28. The Bertz CT molecular complexity index is 1050. The number of pyridine rings is 1. The molecule has 0 spiro atoms.